The third-order valence-corrected chi connectivity index (χ3v) is 6.48. The van der Waals surface area contributed by atoms with Gasteiger partial charge in [-0.3, -0.25) is 0 Å². The zero-order valence-corrected chi connectivity index (χ0v) is 13.1. The van der Waals surface area contributed by atoms with Crippen molar-refractivity contribution in [1.29, 1.82) is 5.26 Å². The molecule has 1 aromatic heterocycles. The maximum atomic E-state index is 12.3. The highest BCUT2D eigenvalue weighted by molar-refractivity contribution is 7.90. The van der Waals surface area contributed by atoms with Crippen LogP contribution in [-0.4, -0.2) is 42.7 Å². The monoisotopic (exact) mass is 321 g/mol. The van der Waals surface area contributed by atoms with Crippen LogP contribution in [0.1, 0.15) is 31.2 Å². The van der Waals surface area contributed by atoms with Gasteiger partial charge >= 0.3 is 0 Å². The van der Waals surface area contributed by atoms with Crippen LogP contribution in [0, 0.1) is 17.2 Å². The Hall–Kier alpha value is -1.65. The molecule has 1 aliphatic heterocycles. The molecule has 1 saturated heterocycles. The largest absolute Gasteiger partial charge is 0.477 e. The summed E-state index contributed by atoms with van der Waals surface area (Å²) in [5, 5.41) is 8.70. The molecule has 1 unspecified atom stereocenters. The summed E-state index contributed by atoms with van der Waals surface area (Å²) in [6.45, 7) is 1.58. The van der Waals surface area contributed by atoms with Crippen molar-refractivity contribution >= 4 is 10.0 Å². The number of hydrogen-bond donors (Lipinski definition) is 0. The number of nitriles is 1. The number of hydrogen-bond acceptors (Lipinski definition) is 5. The fourth-order valence-electron chi connectivity index (χ4n) is 2.73. The summed E-state index contributed by atoms with van der Waals surface area (Å²) < 4.78 is 31.8. The molecule has 1 saturated carbocycles. The van der Waals surface area contributed by atoms with Crippen molar-refractivity contribution in [1.82, 2.24) is 9.29 Å². The lowest BCUT2D eigenvalue weighted by molar-refractivity contribution is 0.176. The molecule has 3 rings (SSSR count). The average molecular weight is 321 g/mol. The molecule has 1 aromatic rings. The topological polar surface area (TPSA) is 83.3 Å². The Bertz CT molecular complexity index is 680. The van der Waals surface area contributed by atoms with E-state index in [-0.39, 0.29) is 11.2 Å². The minimum atomic E-state index is -3.10. The maximum Gasteiger partial charge on any atom is 0.216 e. The van der Waals surface area contributed by atoms with Gasteiger partial charge in [-0.15, -0.1) is 0 Å². The smallest absolute Gasteiger partial charge is 0.216 e. The van der Waals surface area contributed by atoms with Gasteiger partial charge in [-0.2, -0.15) is 5.26 Å². The van der Waals surface area contributed by atoms with Crippen LogP contribution in [0.25, 0.3) is 0 Å². The fourth-order valence-corrected chi connectivity index (χ4v) is 4.69. The van der Waals surface area contributed by atoms with Crippen LogP contribution >= 0.6 is 0 Å². The summed E-state index contributed by atoms with van der Waals surface area (Å²) in [6.07, 6.45) is 4.95. The van der Waals surface area contributed by atoms with Gasteiger partial charge in [0.25, 0.3) is 0 Å². The highest BCUT2D eigenvalue weighted by Crippen LogP contribution is 2.33. The Balaban J connectivity index is 1.57. The van der Waals surface area contributed by atoms with E-state index in [1.54, 1.807) is 22.6 Å². The molecular formula is C15H19N3O3S. The Morgan fingerprint density at radius 1 is 1.41 bits per heavy atom. The minimum absolute atomic E-state index is 0.152. The second-order valence-electron chi connectivity index (χ2n) is 5.92. The summed E-state index contributed by atoms with van der Waals surface area (Å²) in [4.78, 5) is 4.07. The molecule has 6 nitrogen and oxygen atoms in total. The van der Waals surface area contributed by atoms with E-state index in [0.29, 0.717) is 31.1 Å². The molecule has 1 atom stereocenters. The van der Waals surface area contributed by atoms with Crippen molar-refractivity contribution in [3.05, 3.63) is 23.9 Å². The van der Waals surface area contributed by atoms with Crippen LogP contribution in [-0.2, 0) is 10.0 Å². The second-order valence-corrected chi connectivity index (χ2v) is 8.13. The van der Waals surface area contributed by atoms with Gasteiger partial charge in [0, 0.05) is 31.3 Å². The van der Waals surface area contributed by atoms with E-state index >= 15 is 0 Å². The maximum absolute atomic E-state index is 12.3. The molecule has 0 N–H and O–H groups in total. The molecule has 0 bridgehead atoms. The number of rotatable bonds is 5. The van der Waals surface area contributed by atoms with E-state index in [4.69, 9.17) is 10.00 Å². The normalized spacial score (nSPS) is 23.0. The van der Waals surface area contributed by atoms with E-state index in [1.807, 2.05) is 6.07 Å². The van der Waals surface area contributed by atoms with Crippen LogP contribution in [0.3, 0.4) is 0 Å². The van der Waals surface area contributed by atoms with Crippen LogP contribution in [0.2, 0.25) is 0 Å². The minimum Gasteiger partial charge on any atom is -0.477 e. The zero-order chi connectivity index (χ0) is 15.6. The molecule has 2 heterocycles. The molecule has 0 radical (unpaired) electrons. The standard InChI is InChI=1S/C15H19N3O3S/c16-9-12-5-6-17-15(8-12)21-11-13-2-1-7-18(10-13)22(19,20)14-3-4-14/h5-6,8,13-14H,1-4,7,10-11H2. The Kier molecular flexibility index (Phi) is 4.32. The lowest BCUT2D eigenvalue weighted by atomic mass is 10.0. The molecule has 1 aliphatic carbocycles. The first-order valence-electron chi connectivity index (χ1n) is 7.57. The van der Waals surface area contributed by atoms with Crippen molar-refractivity contribution in [2.75, 3.05) is 19.7 Å². The van der Waals surface area contributed by atoms with Crippen molar-refractivity contribution < 1.29 is 13.2 Å². The molecule has 2 fully saturated rings. The van der Waals surface area contributed by atoms with E-state index < -0.39 is 10.0 Å². The molecule has 22 heavy (non-hydrogen) atoms. The van der Waals surface area contributed by atoms with Crippen LogP contribution in [0.5, 0.6) is 5.88 Å². The van der Waals surface area contributed by atoms with Gasteiger partial charge in [-0.05, 0) is 31.7 Å². The second kappa shape index (κ2) is 6.23. The number of sulfonamides is 1. The number of nitrogens with zero attached hydrogens (tertiary/aromatic N) is 3. The van der Waals surface area contributed by atoms with Crippen molar-refractivity contribution in [2.45, 2.75) is 30.9 Å². The highest BCUT2D eigenvalue weighted by Gasteiger charge is 2.41. The number of piperidine rings is 1. The predicted molar refractivity (Wildman–Crippen MR) is 80.7 cm³/mol. The number of ether oxygens (including phenoxy) is 1. The van der Waals surface area contributed by atoms with E-state index in [9.17, 15) is 8.42 Å². The predicted octanol–water partition coefficient (Wildman–Crippen LogP) is 1.54. The van der Waals surface area contributed by atoms with E-state index in [2.05, 4.69) is 4.98 Å². The highest BCUT2D eigenvalue weighted by atomic mass is 32.2. The lowest BCUT2D eigenvalue weighted by Crippen LogP contribution is -2.43. The third kappa shape index (κ3) is 3.39. The molecule has 0 spiro atoms. The average Bonchev–Trinajstić information content (AvgIpc) is 3.39. The lowest BCUT2D eigenvalue weighted by Gasteiger charge is -2.31. The third-order valence-electron chi connectivity index (χ3n) is 4.12. The molecular weight excluding hydrogens is 302 g/mol. The van der Waals surface area contributed by atoms with E-state index in [1.165, 1.54) is 0 Å². The SMILES string of the molecule is N#Cc1ccnc(OCC2CCCN(S(=O)(=O)C3CC3)C2)c1. The summed E-state index contributed by atoms with van der Waals surface area (Å²) >= 11 is 0. The van der Waals surface area contributed by atoms with Gasteiger partial charge in [-0.1, -0.05) is 0 Å². The van der Waals surface area contributed by atoms with Gasteiger partial charge < -0.3 is 4.74 Å². The summed E-state index contributed by atoms with van der Waals surface area (Å²) in [5.74, 6) is 0.594. The van der Waals surface area contributed by atoms with E-state index in [0.717, 1.165) is 25.7 Å². The van der Waals surface area contributed by atoms with Gasteiger partial charge in [0.2, 0.25) is 15.9 Å². The van der Waals surface area contributed by atoms with Gasteiger partial charge in [-0.25, -0.2) is 17.7 Å². The quantitative estimate of drug-likeness (QED) is 0.821. The van der Waals surface area contributed by atoms with Crippen molar-refractivity contribution in [2.24, 2.45) is 5.92 Å². The Morgan fingerprint density at radius 2 is 2.23 bits per heavy atom. The molecule has 2 aliphatic rings. The van der Waals surface area contributed by atoms with Gasteiger partial charge in [0.1, 0.15) is 0 Å². The first-order chi connectivity index (χ1) is 10.6. The van der Waals surface area contributed by atoms with Crippen LogP contribution in [0.15, 0.2) is 18.3 Å². The zero-order valence-electron chi connectivity index (χ0n) is 12.3. The molecule has 7 heteroatoms. The Labute approximate surface area is 130 Å². The number of pyridine rings is 1. The summed E-state index contributed by atoms with van der Waals surface area (Å²) in [7, 11) is -3.10. The van der Waals surface area contributed by atoms with Crippen LogP contribution in [0.4, 0.5) is 0 Å². The first kappa shape index (κ1) is 15.3. The fraction of sp³-hybridized carbons (Fsp3) is 0.600. The van der Waals surface area contributed by atoms with Crippen LogP contribution < -0.4 is 4.74 Å². The summed E-state index contributed by atoms with van der Waals surface area (Å²) in [6, 6.07) is 5.27. The van der Waals surface area contributed by atoms with Crippen molar-refractivity contribution in [3.8, 4) is 11.9 Å². The van der Waals surface area contributed by atoms with Crippen molar-refractivity contribution in [3.63, 3.8) is 0 Å². The Morgan fingerprint density at radius 3 is 2.95 bits per heavy atom. The summed E-state index contributed by atoms with van der Waals surface area (Å²) in [5.41, 5.74) is 0.506. The molecule has 118 valence electrons. The van der Waals surface area contributed by atoms with Gasteiger partial charge in [0.05, 0.1) is 23.5 Å². The molecule has 0 amide bonds. The van der Waals surface area contributed by atoms with Gasteiger partial charge in [0.15, 0.2) is 0 Å². The molecule has 0 aromatic carbocycles. The first-order valence-corrected chi connectivity index (χ1v) is 9.08. The number of aromatic nitrogens is 1.